The Labute approximate surface area is 488 Å². The van der Waals surface area contributed by atoms with E-state index in [1.165, 1.54) is 25.6 Å². The first-order valence-corrected chi connectivity index (χ1v) is 28.7. The predicted octanol–water partition coefficient (Wildman–Crippen LogP) is 5.55. The number of hydrogen-bond donors (Lipinski definition) is 7. The summed E-state index contributed by atoms with van der Waals surface area (Å²) in [7, 11) is 1.64. The molecule has 0 bridgehead atoms. The van der Waals surface area contributed by atoms with Crippen LogP contribution in [-0.4, -0.2) is 129 Å². The lowest BCUT2D eigenvalue weighted by Gasteiger charge is -2.36. The maximum Gasteiger partial charge on any atom is 0.356 e. The van der Waals surface area contributed by atoms with Crippen LogP contribution in [0.3, 0.4) is 0 Å². The van der Waals surface area contributed by atoms with Gasteiger partial charge in [0.2, 0.25) is 17.7 Å². The molecule has 82 heavy (non-hydrogen) atoms. The standard InChI is InChI=1S/C29H35N3O4S.C29H28N2O6S.C4H12N2O/c1-22(33)32-27(28(34)31-18-20-36-19-17-30)21-37-29(23-9-5-3-6-10-23,24-11-7-4-8-12-24)25-13-15-26(35-2)16-14-25;1-20(33)30-25(28(36)37-31-26(34)16-17-27(31)35)19-38-29(22-8-4-2-5-9-22,23-10-6-3-7-11-23)24-14-12-21(18-32)13-15-24;5-1-3-7-4-2-6/h3-16,27H,17-21,30H2,1-2H3,(H,31,34)(H,32,33);2-15,25,32H,16-19H2,1H3,(H,30,33);1-6H2/t27-;25-;/m00./s1. The van der Waals surface area contributed by atoms with Crippen molar-refractivity contribution in [2.45, 2.75) is 54.9 Å². The number of nitrogens with one attached hydrogen (secondary N) is 3. The van der Waals surface area contributed by atoms with Gasteiger partial charge < -0.3 is 57.3 Å². The number of methoxy groups -OCH3 is 1. The molecule has 0 spiro atoms. The summed E-state index contributed by atoms with van der Waals surface area (Å²) in [5, 5.41) is 18.4. The zero-order valence-corrected chi connectivity index (χ0v) is 48.2. The molecule has 6 aromatic rings. The van der Waals surface area contributed by atoms with Crippen molar-refractivity contribution in [2.75, 3.05) is 71.2 Å². The molecular weight excluding hydrogens is 1080 g/mol. The van der Waals surface area contributed by atoms with Crippen molar-refractivity contribution in [3.63, 3.8) is 0 Å². The summed E-state index contributed by atoms with van der Waals surface area (Å²) < 4.78 is 14.2. The van der Waals surface area contributed by atoms with Crippen LogP contribution in [0.1, 0.15) is 65.6 Å². The van der Waals surface area contributed by atoms with Gasteiger partial charge in [-0.15, -0.1) is 28.6 Å². The van der Waals surface area contributed by atoms with E-state index < -0.39 is 45.3 Å². The molecule has 1 aliphatic heterocycles. The Morgan fingerprint density at radius 3 is 1.29 bits per heavy atom. The molecule has 6 aromatic carbocycles. The van der Waals surface area contributed by atoms with Crippen LogP contribution >= 0.6 is 23.5 Å². The lowest BCUT2D eigenvalue weighted by Crippen LogP contribution is -2.49. The molecule has 1 heterocycles. The second kappa shape index (κ2) is 34.8. The number of rotatable bonds is 28. The van der Waals surface area contributed by atoms with E-state index in [4.69, 9.17) is 36.2 Å². The first-order chi connectivity index (χ1) is 39.8. The molecule has 20 heteroatoms. The number of hydroxylamine groups is 2. The van der Waals surface area contributed by atoms with Crippen molar-refractivity contribution < 1.29 is 52.9 Å². The number of ether oxygens (including phenoxy) is 3. The molecule has 0 saturated carbocycles. The smallest absolute Gasteiger partial charge is 0.356 e. The topological polar surface area (TPSA) is 277 Å². The van der Waals surface area contributed by atoms with Gasteiger partial charge in [0.1, 0.15) is 17.8 Å². The Morgan fingerprint density at radius 1 is 0.549 bits per heavy atom. The average Bonchev–Trinajstić information content (AvgIpc) is 4.00. The number of thioether (sulfide) groups is 2. The number of carbonyl (C=O) groups excluding carboxylic acids is 6. The summed E-state index contributed by atoms with van der Waals surface area (Å²) in [5.41, 5.74) is 22.3. The molecule has 7 rings (SSSR count). The number of imide groups is 1. The summed E-state index contributed by atoms with van der Waals surface area (Å²) in [4.78, 5) is 79.4. The molecule has 1 fully saturated rings. The number of benzene rings is 6. The average molecular weight is 1160 g/mol. The van der Waals surface area contributed by atoms with E-state index in [0.29, 0.717) is 63.4 Å². The van der Waals surface area contributed by atoms with Crippen LogP contribution in [0, 0.1) is 0 Å². The van der Waals surface area contributed by atoms with Crippen LogP contribution in [-0.2, 0) is 59.2 Å². The van der Waals surface area contributed by atoms with Crippen LogP contribution in [0.5, 0.6) is 5.75 Å². The normalized spacial score (nSPS) is 12.8. The summed E-state index contributed by atoms with van der Waals surface area (Å²) in [6, 6.07) is 53.6. The van der Waals surface area contributed by atoms with Gasteiger partial charge in [0, 0.05) is 64.4 Å². The van der Waals surface area contributed by atoms with Crippen molar-refractivity contribution in [1.29, 1.82) is 0 Å². The molecule has 0 radical (unpaired) electrons. The number of hydrogen-bond acceptors (Lipinski definition) is 16. The summed E-state index contributed by atoms with van der Waals surface area (Å²) in [6.45, 7) is 6.56. The Bertz CT molecular complexity index is 2800. The van der Waals surface area contributed by atoms with Crippen molar-refractivity contribution in [2.24, 2.45) is 17.2 Å². The van der Waals surface area contributed by atoms with Crippen LogP contribution < -0.4 is 37.9 Å². The quantitative estimate of drug-likeness (QED) is 0.0180. The fourth-order valence-corrected chi connectivity index (χ4v) is 11.9. The highest BCUT2D eigenvalue weighted by atomic mass is 32.2. The third-order valence-corrected chi connectivity index (χ3v) is 15.8. The third kappa shape index (κ3) is 18.8. The van der Waals surface area contributed by atoms with Crippen molar-refractivity contribution in [3.8, 4) is 5.75 Å². The van der Waals surface area contributed by atoms with Gasteiger partial charge in [-0.05, 0) is 51.1 Å². The molecule has 10 N–H and O–H groups in total. The zero-order chi connectivity index (χ0) is 59.2. The van der Waals surface area contributed by atoms with E-state index in [-0.39, 0.29) is 37.0 Å². The molecule has 1 aliphatic rings. The SMILES string of the molecule is CC(=O)N[C@@H](CSC(c1ccccc1)(c1ccccc1)c1ccc(CO)cc1)C(=O)ON1C(=O)CCC1=O.COc1ccc(C(SC[C@H](NC(C)=O)C(=O)NCCOCCN)(c2ccccc2)c2ccccc2)cc1.NCCOCCN. The first-order valence-electron chi connectivity index (χ1n) is 26.8. The van der Waals surface area contributed by atoms with Crippen molar-refractivity contribution in [1.82, 2.24) is 21.0 Å². The van der Waals surface area contributed by atoms with Crippen molar-refractivity contribution in [3.05, 3.63) is 209 Å². The predicted molar refractivity (Wildman–Crippen MR) is 320 cm³/mol. The number of aliphatic hydroxyl groups is 1. The minimum absolute atomic E-state index is 0.0272. The van der Waals surface area contributed by atoms with Gasteiger partial charge in [-0.1, -0.05) is 158 Å². The third-order valence-electron chi connectivity index (χ3n) is 12.6. The summed E-state index contributed by atoms with van der Waals surface area (Å²) >= 11 is 3.02. The van der Waals surface area contributed by atoms with Gasteiger partial charge in [-0.2, -0.15) is 0 Å². The van der Waals surface area contributed by atoms with Crippen LogP contribution in [0.25, 0.3) is 0 Å². The number of nitrogens with zero attached hydrogens (tertiary/aromatic N) is 1. The Hall–Kier alpha value is -7.40. The van der Waals surface area contributed by atoms with E-state index in [1.54, 1.807) is 18.9 Å². The molecule has 18 nitrogen and oxygen atoms in total. The number of aliphatic hydroxyl groups excluding tert-OH is 1. The molecule has 0 aromatic heterocycles. The Morgan fingerprint density at radius 2 is 0.915 bits per heavy atom. The molecule has 0 aliphatic carbocycles. The van der Waals surface area contributed by atoms with E-state index in [2.05, 4.69) is 40.2 Å². The second-order valence-electron chi connectivity index (χ2n) is 18.4. The van der Waals surface area contributed by atoms with E-state index in [1.807, 2.05) is 146 Å². The highest BCUT2D eigenvalue weighted by Gasteiger charge is 2.41. The largest absolute Gasteiger partial charge is 0.497 e. The van der Waals surface area contributed by atoms with Crippen molar-refractivity contribution >= 4 is 59.0 Å². The minimum Gasteiger partial charge on any atom is -0.497 e. The highest BCUT2D eigenvalue weighted by Crippen LogP contribution is 2.50. The van der Waals surface area contributed by atoms with Gasteiger partial charge in [0.05, 0.1) is 49.6 Å². The van der Waals surface area contributed by atoms with E-state index in [0.717, 1.165) is 44.7 Å². The maximum atomic E-state index is 13.1. The van der Waals surface area contributed by atoms with Crippen LogP contribution in [0.4, 0.5) is 0 Å². The van der Waals surface area contributed by atoms with Crippen LogP contribution in [0.15, 0.2) is 170 Å². The molecule has 2 atom stereocenters. The Kier molecular flexibility index (Phi) is 27.7. The zero-order valence-electron chi connectivity index (χ0n) is 46.5. The minimum atomic E-state index is -1.14. The molecule has 1 saturated heterocycles. The number of nitrogens with two attached hydrogens (primary N) is 3. The van der Waals surface area contributed by atoms with Gasteiger partial charge >= 0.3 is 5.97 Å². The summed E-state index contributed by atoms with van der Waals surface area (Å²) in [5.74, 6) is -1.90. The maximum absolute atomic E-state index is 13.1. The molecule has 436 valence electrons. The van der Waals surface area contributed by atoms with Gasteiger partial charge in [0.25, 0.3) is 11.8 Å². The number of amides is 5. The van der Waals surface area contributed by atoms with Gasteiger partial charge in [-0.25, -0.2) is 4.79 Å². The van der Waals surface area contributed by atoms with E-state index >= 15 is 0 Å². The lowest BCUT2D eigenvalue weighted by atomic mass is 9.83. The number of carbonyl (C=O) groups is 6. The monoisotopic (exact) mass is 1160 g/mol. The highest BCUT2D eigenvalue weighted by molar-refractivity contribution is 8.01. The Balaban J connectivity index is 0.000000269. The fourth-order valence-electron chi connectivity index (χ4n) is 8.76. The summed E-state index contributed by atoms with van der Waals surface area (Å²) in [6.07, 6.45) is -0.0543. The molecule has 5 amide bonds. The second-order valence-corrected chi connectivity index (χ2v) is 20.9. The lowest BCUT2D eigenvalue weighted by molar-refractivity contribution is -0.198. The first kappa shape index (κ1) is 65.4. The molecular formula is C62H75N7O11S2. The fraction of sp³-hybridized carbons (Fsp3) is 0.323. The van der Waals surface area contributed by atoms with E-state index in [9.17, 15) is 33.9 Å². The molecule has 0 unspecified atom stereocenters. The van der Waals surface area contributed by atoms with Gasteiger partial charge in [0.15, 0.2) is 0 Å². The van der Waals surface area contributed by atoms with Gasteiger partial charge in [-0.3, -0.25) is 24.0 Å². The van der Waals surface area contributed by atoms with Crippen LogP contribution in [0.2, 0.25) is 0 Å².